The van der Waals surface area contributed by atoms with Gasteiger partial charge < -0.3 is 0 Å². The van der Waals surface area contributed by atoms with Crippen molar-refractivity contribution in [1.29, 1.82) is 0 Å². The summed E-state index contributed by atoms with van der Waals surface area (Å²) >= 11 is 1.21. The molecule has 0 N–H and O–H groups in total. The highest BCUT2D eigenvalue weighted by Gasteiger charge is 2.10. The van der Waals surface area contributed by atoms with E-state index in [-0.39, 0.29) is 0 Å². The van der Waals surface area contributed by atoms with E-state index in [4.69, 9.17) is 0 Å². The molecule has 0 fully saturated rings. The van der Waals surface area contributed by atoms with Gasteiger partial charge in [0.1, 0.15) is 22.4 Å². The fourth-order valence-corrected chi connectivity index (χ4v) is 1.89. The number of hydrogen-bond donors (Lipinski definition) is 0. The van der Waals surface area contributed by atoms with Crippen LogP contribution in [0.25, 0.3) is 11.0 Å². The minimum Gasteiger partial charge on any atom is -0.184 e. The molecule has 0 bridgehead atoms. The zero-order chi connectivity index (χ0) is 9.54. The van der Waals surface area contributed by atoms with Crippen LogP contribution in [0.2, 0.25) is 0 Å². The molecule has 0 saturated heterocycles. The predicted octanol–water partition coefficient (Wildman–Crippen LogP) is 2.18. The van der Waals surface area contributed by atoms with Gasteiger partial charge in [-0.1, -0.05) is 0 Å². The van der Waals surface area contributed by atoms with Crippen LogP contribution in [0.1, 0.15) is 6.92 Å². The normalized spacial score (nSPS) is 13.2. The zero-order valence-electron chi connectivity index (χ0n) is 7.51. The van der Waals surface area contributed by atoms with Crippen molar-refractivity contribution < 1.29 is 0 Å². The van der Waals surface area contributed by atoms with Crippen LogP contribution in [0.3, 0.4) is 0 Å². The Hall–Kier alpha value is -1.56. The van der Waals surface area contributed by atoms with E-state index in [0.717, 1.165) is 29.0 Å². The highest BCUT2D eigenvalue weighted by molar-refractivity contribution is 7.58. The highest BCUT2D eigenvalue weighted by atomic mass is 32.1. The number of nitrogens with zero attached hydrogens (tertiary/aromatic N) is 5. The van der Waals surface area contributed by atoms with Gasteiger partial charge in [-0.05, 0) is 19.1 Å². The molecule has 2 heterocycles. The lowest BCUT2D eigenvalue weighted by atomic mass is 10.2. The van der Waals surface area contributed by atoms with Gasteiger partial charge in [0.05, 0.1) is 17.9 Å². The molecule has 6 heteroatoms. The number of hydrogen-bond acceptors (Lipinski definition) is 4. The molecule has 0 aliphatic carbocycles. The van der Waals surface area contributed by atoms with E-state index >= 15 is 0 Å². The average Bonchev–Trinajstić information content (AvgIpc) is 2.77. The summed E-state index contributed by atoms with van der Waals surface area (Å²) in [6.45, 7) is 2.79. The first kappa shape index (κ1) is 7.81. The van der Waals surface area contributed by atoms with Crippen molar-refractivity contribution >= 4 is 33.8 Å². The van der Waals surface area contributed by atoms with E-state index in [0.29, 0.717) is 0 Å². The summed E-state index contributed by atoms with van der Waals surface area (Å²) in [6.07, 6.45) is 0. The third kappa shape index (κ3) is 1.00. The molecule has 3 rings (SSSR count). The topological polar surface area (TPSA) is 55.4 Å². The van der Waals surface area contributed by atoms with Gasteiger partial charge in [0.2, 0.25) is 0 Å². The lowest BCUT2D eigenvalue weighted by Gasteiger charge is -1.90. The molecule has 1 aromatic carbocycles. The monoisotopic (exact) mass is 205 g/mol. The number of rotatable bonds is 1. The maximum Gasteiger partial charge on any atom is 0.115 e. The zero-order valence-corrected chi connectivity index (χ0v) is 8.32. The highest BCUT2D eigenvalue weighted by Crippen LogP contribution is 2.34. The van der Waals surface area contributed by atoms with Crippen molar-refractivity contribution in [2.24, 2.45) is 8.73 Å². The Morgan fingerprint density at radius 1 is 1.14 bits per heavy atom. The first-order valence-corrected chi connectivity index (χ1v) is 5.07. The molecular weight excluding hydrogens is 198 g/mol. The first-order chi connectivity index (χ1) is 6.86. The van der Waals surface area contributed by atoms with E-state index in [1.54, 1.807) is 4.80 Å². The minimum atomic E-state index is 0.780. The van der Waals surface area contributed by atoms with Gasteiger partial charge in [-0.25, -0.2) is 0 Å². The largest absolute Gasteiger partial charge is 0.184 e. The van der Waals surface area contributed by atoms with Crippen molar-refractivity contribution in [2.75, 3.05) is 0 Å². The Balaban J connectivity index is 2.31. The van der Waals surface area contributed by atoms with Crippen LogP contribution in [0, 0.1) is 0 Å². The molecule has 1 aliphatic heterocycles. The number of fused-ring (bicyclic) bond motifs is 2. The maximum atomic E-state index is 4.30. The molecule has 70 valence electrons. The Morgan fingerprint density at radius 3 is 2.21 bits per heavy atom. The van der Waals surface area contributed by atoms with Gasteiger partial charge in [0.15, 0.2) is 0 Å². The molecule has 0 unspecified atom stereocenters. The van der Waals surface area contributed by atoms with Crippen LogP contribution < -0.4 is 0 Å². The Bertz CT molecular complexity index is 534. The molecule has 0 amide bonds. The lowest BCUT2D eigenvalue weighted by Crippen LogP contribution is -1.97. The predicted molar refractivity (Wildman–Crippen MR) is 54.7 cm³/mol. The van der Waals surface area contributed by atoms with Crippen LogP contribution >= 0.6 is 0 Å². The van der Waals surface area contributed by atoms with Crippen molar-refractivity contribution in [2.45, 2.75) is 13.5 Å². The second kappa shape index (κ2) is 2.71. The molecule has 2 aromatic rings. The number of aryl methyl sites for hydroxylation is 1. The second-order valence-electron chi connectivity index (χ2n) is 2.98. The molecule has 0 radical (unpaired) electrons. The molecule has 0 atom stereocenters. The van der Waals surface area contributed by atoms with Crippen LogP contribution in [-0.2, 0) is 17.9 Å². The van der Waals surface area contributed by atoms with Crippen LogP contribution in [0.4, 0.5) is 11.4 Å². The molecule has 0 spiro atoms. The van der Waals surface area contributed by atoms with Gasteiger partial charge >= 0.3 is 0 Å². The summed E-state index contributed by atoms with van der Waals surface area (Å²) in [4.78, 5) is 1.67. The van der Waals surface area contributed by atoms with Crippen molar-refractivity contribution in [3.63, 3.8) is 0 Å². The molecule has 0 saturated carbocycles. The third-order valence-electron chi connectivity index (χ3n) is 2.08. The fourth-order valence-electron chi connectivity index (χ4n) is 1.38. The van der Waals surface area contributed by atoms with Gasteiger partial charge in [0.25, 0.3) is 0 Å². The Labute approximate surface area is 83.6 Å². The van der Waals surface area contributed by atoms with Crippen molar-refractivity contribution in [3.8, 4) is 0 Å². The van der Waals surface area contributed by atoms with E-state index < -0.39 is 0 Å². The van der Waals surface area contributed by atoms with Gasteiger partial charge in [-0.3, -0.25) is 0 Å². The van der Waals surface area contributed by atoms with Gasteiger partial charge in [0, 0.05) is 0 Å². The van der Waals surface area contributed by atoms with Gasteiger partial charge in [-0.2, -0.15) is 23.7 Å². The number of benzene rings is 1. The molecular formula is C8H7N5S. The average molecular weight is 205 g/mol. The minimum absolute atomic E-state index is 0.780. The summed E-state index contributed by atoms with van der Waals surface area (Å²) in [7, 11) is 0. The molecule has 1 aliphatic rings. The first-order valence-electron chi connectivity index (χ1n) is 4.34. The van der Waals surface area contributed by atoms with Crippen LogP contribution in [0.5, 0.6) is 0 Å². The summed E-state index contributed by atoms with van der Waals surface area (Å²) in [5.41, 5.74) is 3.55. The Morgan fingerprint density at radius 2 is 1.71 bits per heavy atom. The fraction of sp³-hybridized carbons (Fsp3) is 0.250. The van der Waals surface area contributed by atoms with E-state index in [1.807, 2.05) is 19.1 Å². The van der Waals surface area contributed by atoms with E-state index in [9.17, 15) is 0 Å². The maximum absolute atomic E-state index is 4.30. The molecule has 1 aromatic heterocycles. The smallest absolute Gasteiger partial charge is 0.115 e. The SMILES string of the molecule is CCn1nc2cc3c(cc2n1)N=S=N3. The van der Waals surface area contributed by atoms with Gasteiger partial charge in [-0.15, -0.1) is 0 Å². The van der Waals surface area contributed by atoms with Crippen molar-refractivity contribution in [3.05, 3.63) is 12.1 Å². The third-order valence-corrected chi connectivity index (χ3v) is 2.64. The quantitative estimate of drug-likeness (QED) is 0.611. The lowest BCUT2D eigenvalue weighted by molar-refractivity contribution is 0.578. The van der Waals surface area contributed by atoms with Crippen LogP contribution in [0.15, 0.2) is 20.9 Å². The number of aromatic nitrogens is 3. The molecule has 14 heavy (non-hydrogen) atoms. The van der Waals surface area contributed by atoms with Crippen molar-refractivity contribution in [1.82, 2.24) is 15.0 Å². The Kier molecular flexibility index (Phi) is 1.51. The van der Waals surface area contributed by atoms with Crippen LogP contribution in [-0.4, -0.2) is 15.0 Å². The second-order valence-corrected chi connectivity index (χ2v) is 3.51. The van der Waals surface area contributed by atoms with E-state index in [2.05, 4.69) is 18.9 Å². The summed E-state index contributed by atoms with van der Waals surface area (Å²) in [6, 6.07) is 3.85. The summed E-state index contributed by atoms with van der Waals surface area (Å²) in [5.74, 6) is 0. The standard InChI is InChI=1S/C8H7N5S/c1-2-13-9-5-3-7-8(12-14-11-7)4-6(5)10-13/h3-4H,2H2,1H3. The van der Waals surface area contributed by atoms with E-state index in [1.165, 1.54) is 11.4 Å². The summed E-state index contributed by atoms with van der Waals surface area (Å²) < 4.78 is 8.31. The summed E-state index contributed by atoms with van der Waals surface area (Å²) in [5, 5.41) is 8.61. The molecule has 5 nitrogen and oxygen atoms in total.